The van der Waals surface area contributed by atoms with Crippen LogP contribution in [0.1, 0.15) is 30.9 Å². The number of anilines is 1. The molecule has 2 aromatic rings. The maximum atomic E-state index is 14.0. The summed E-state index contributed by atoms with van der Waals surface area (Å²) in [4.78, 5) is 54.2. The third-order valence-electron chi connectivity index (χ3n) is 7.17. The molecule has 2 saturated heterocycles. The van der Waals surface area contributed by atoms with Gasteiger partial charge in [0.15, 0.2) is 5.41 Å². The summed E-state index contributed by atoms with van der Waals surface area (Å²) < 4.78 is 0. The molecule has 5 rings (SSSR count). The highest BCUT2D eigenvalue weighted by Gasteiger charge is 2.62. The van der Waals surface area contributed by atoms with E-state index in [-0.39, 0.29) is 18.7 Å². The van der Waals surface area contributed by atoms with Crippen molar-refractivity contribution in [1.82, 2.24) is 10.2 Å². The van der Waals surface area contributed by atoms with Crippen LogP contribution in [0.3, 0.4) is 0 Å². The molecule has 3 aliphatic heterocycles. The number of amides is 4. The number of hydrogen-bond donors (Lipinski definition) is 1. The molecule has 9 heteroatoms. The summed E-state index contributed by atoms with van der Waals surface area (Å²) in [5.74, 6) is -0.868. The van der Waals surface area contributed by atoms with Crippen LogP contribution in [-0.4, -0.2) is 40.3 Å². The van der Waals surface area contributed by atoms with E-state index in [1.807, 2.05) is 35.2 Å². The second kappa shape index (κ2) is 7.68. The SMILES string of the molecule is C[C@H]1CCN2c3ccc([N+](=O)[O-])cc3C[C@@]3(C(=O)NC(=O)N(Cc4ccccc4)C3=O)[C@@H]2C1. The summed E-state index contributed by atoms with van der Waals surface area (Å²) >= 11 is 0. The summed E-state index contributed by atoms with van der Waals surface area (Å²) in [7, 11) is 0. The van der Waals surface area contributed by atoms with Crippen LogP contribution in [-0.2, 0) is 22.6 Å². The number of nitrogens with one attached hydrogen (secondary N) is 1. The van der Waals surface area contributed by atoms with Crippen LogP contribution >= 0.6 is 0 Å². The van der Waals surface area contributed by atoms with Gasteiger partial charge in [-0.1, -0.05) is 37.3 Å². The fourth-order valence-electron chi connectivity index (χ4n) is 5.49. The normalized spacial score (nSPS) is 26.6. The lowest BCUT2D eigenvalue weighted by atomic mass is 9.64. The van der Waals surface area contributed by atoms with Crippen LogP contribution < -0.4 is 10.2 Å². The topological polar surface area (TPSA) is 113 Å². The van der Waals surface area contributed by atoms with Crippen LogP contribution in [0.4, 0.5) is 16.2 Å². The van der Waals surface area contributed by atoms with Gasteiger partial charge in [0, 0.05) is 30.8 Å². The summed E-state index contributed by atoms with van der Waals surface area (Å²) in [6.45, 7) is 2.77. The quantitative estimate of drug-likeness (QED) is 0.439. The maximum Gasteiger partial charge on any atom is 0.331 e. The van der Waals surface area contributed by atoms with E-state index in [0.717, 1.165) is 22.6 Å². The van der Waals surface area contributed by atoms with Gasteiger partial charge in [-0.25, -0.2) is 4.79 Å². The number of nitrogens with zero attached hydrogens (tertiary/aromatic N) is 3. The first kappa shape index (κ1) is 21.1. The van der Waals surface area contributed by atoms with E-state index in [1.165, 1.54) is 12.1 Å². The van der Waals surface area contributed by atoms with E-state index < -0.39 is 34.2 Å². The van der Waals surface area contributed by atoms with E-state index >= 15 is 0 Å². The van der Waals surface area contributed by atoms with Crippen LogP contribution in [0, 0.1) is 21.4 Å². The zero-order chi connectivity index (χ0) is 23.3. The molecule has 0 aliphatic carbocycles. The van der Waals surface area contributed by atoms with E-state index in [9.17, 15) is 24.5 Å². The van der Waals surface area contributed by atoms with Crippen molar-refractivity contribution >= 4 is 29.2 Å². The Balaban J connectivity index is 1.62. The number of imide groups is 2. The van der Waals surface area contributed by atoms with E-state index in [4.69, 9.17) is 0 Å². The Kier molecular flexibility index (Phi) is 4.92. The smallest absolute Gasteiger partial charge is 0.331 e. The van der Waals surface area contributed by atoms with Crippen molar-refractivity contribution in [2.24, 2.45) is 11.3 Å². The molecule has 3 atom stereocenters. The predicted molar refractivity (Wildman–Crippen MR) is 119 cm³/mol. The lowest BCUT2D eigenvalue weighted by Gasteiger charge is -2.54. The highest BCUT2D eigenvalue weighted by atomic mass is 16.6. The Bertz CT molecular complexity index is 1170. The molecule has 9 nitrogen and oxygen atoms in total. The van der Waals surface area contributed by atoms with Gasteiger partial charge in [-0.15, -0.1) is 0 Å². The number of non-ortho nitro benzene ring substituents is 1. The fraction of sp³-hybridized carbons (Fsp3) is 0.375. The van der Waals surface area contributed by atoms with Gasteiger partial charge in [-0.05, 0) is 36.0 Å². The van der Waals surface area contributed by atoms with Crippen LogP contribution in [0.2, 0.25) is 0 Å². The first-order valence-electron chi connectivity index (χ1n) is 11.1. The molecule has 0 radical (unpaired) electrons. The third kappa shape index (κ3) is 3.26. The maximum absolute atomic E-state index is 14.0. The van der Waals surface area contributed by atoms with E-state index in [2.05, 4.69) is 12.2 Å². The lowest BCUT2D eigenvalue weighted by molar-refractivity contribution is -0.384. The van der Waals surface area contributed by atoms with Gasteiger partial charge < -0.3 is 4.90 Å². The number of urea groups is 1. The number of carbonyl (C=O) groups excluding carboxylic acids is 3. The Morgan fingerprint density at radius 2 is 1.91 bits per heavy atom. The minimum Gasteiger partial charge on any atom is -0.367 e. The molecule has 4 amide bonds. The van der Waals surface area contributed by atoms with Crippen LogP contribution in [0.15, 0.2) is 48.5 Å². The van der Waals surface area contributed by atoms with E-state index in [0.29, 0.717) is 24.4 Å². The molecule has 0 unspecified atom stereocenters. The van der Waals surface area contributed by atoms with Crippen molar-refractivity contribution in [2.75, 3.05) is 11.4 Å². The van der Waals surface area contributed by atoms with Crippen molar-refractivity contribution in [2.45, 2.75) is 38.8 Å². The summed E-state index contributed by atoms with van der Waals surface area (Å²) in [6, 6.07) is 12.6. The van der Waals surface area contributed by atoms with Crippen molar-refractivity contribution in [3.63, 3.8) is 0 Å². The van der Waals surface area contributed by atoms with Gasteiger partial charge >= 0.3 is 6.03 Å². The standard InChI is InChI=1S/C24H24N4O5/c1-15-9-10-26-19-8-7-18(28(32)33)12-17(19)13-24(20(26)11-15)21(29)25-23(31)27(22(24)30)14-16-5-3-2-4-6-16/h2-8,12,15,20H,9-11,13-14H2,1H3,(H,25,29,31)/t15-,20-,24-/m0/s1. The highest BCUT2D eigenvalue weighted by Crippen LogP contribution is 2.49. The van der Waals surface area contributed by atoms with Gasteiger partial charge in [-0.2, -0.15) is 0 Å². The van der Waals surface area contributed by atoms with Crippen molar-refractivity contribution < 1.29 is 19.3 Å². The molecule has 0 bridgehead atoms. The number of benzene rings is 2. The first-order chi connectivity index (χ1) is 15.8. The zero-order valence-corrected chi connectivity index (χ0v) is 18.2. The first-order valence-corrected chi connectivity index (χ1v) is 11.1. The molecule has 1 spiro atoms. The molecule has 3 aliphatic rings. The Morgan fingerprint density at radius 3 is 2.64 bits per heavy atom. The van der Waals surface area contributed by atoms with Crippen LogP contribution in [0.25, 0.3) is 0 Å². The zero-order valence-electron chi connectivity index (χ0n) is 18.2. The number of carbonyl (C=O) groups is 3. The second-order valence-electron chi connectivity index (χ2n) is 9.19. The van der Waals surface area contributed by atoms with Gasteiger partial charge in [-0.3, -0.25) is 29.9 Å². The van der Waals surface area contributed by atoms with E-state index in [1.54, 1.807) is 6.07 Å². The second-order valence-corrected chi connectivity index (χ2v) is 9.19. The highest BCUT2D eigenvalue weighted by molar-refractivity contribution is 6.20. The van der Waals surface area contributed by atoms with Gasteiger partial charge in [0.25, 0.3) is 5.69 Å². The third-order valence-corrected chi connectivity index (χ3v) is 7.17. The van der Waals surface area contributed by atoms with Crippen molar-refractivity contribution in [3.05, 3.63) is 69.8 Å². The molecule has 3 heterocycles. The Labute approximate surface area is 190 Å². The summed E-state index contributed by atoms with van der Waals surface area (Å²) in [5, 5.41) is 13.8. The van der Waals surface area contributed by atoms with Gasteiger partial charge in [0.05, 0.1) is 17.5 Å². The summed E-state index contributed by atoms with van der Waals surface area (Å²) in [6.07, 6.45) is 1.51. The minimum absolute atomic E-state index is 0.0150. The number of fused-ring (bicyclic) bond motifs is 4. The lowest BCUT2D eigenvalue weighted by Crippen LogP contribution is -2.72. The Morgan fingerprint density at radius 1 is 1.15 bits per heavy atom. The molecule has 33 heavy (non-hydrogen) atoms. The Hall–Kier alpha value is -3.75. The number of nitro groups is 1. The molecule has 0 aromatic heterocycles. The van der Waals surface area contributed by atoms with Crippen molar-refractivity contribution in [3.8, 4) is 0 Å². The average molecular weight is 448 g/mol. The number of hydrogen-bond acceptors (Lipinski definition) is 6. The molecule has 2 fully saturated rings. The summed E-state index contributed by atoms with van der Waals surface area (Å²) in [5.41, 5.74) is 0.544. The number of piperidine rings is 1. The molecule has 170 valence electrons. The molecule has 1 N–H and O–H groups in total. The largest absolute Gasteiger partial charge is 0.367 e. The molecular weight excluding hydrogens is 424 g/mol. The minimum atomic E-state index is -1.53. The average Bonchev–Trinajstić information content (AvgIpc) is 2.80. The number of nitro benzene ring substituents is 1. The predicted octanol–water partition coefficient (Wildman–Crippen LogP) is 3.02. The van der Waals surface area contributed by atoms with Gasteiger partial charge in [0.2, 0.25) is 11.8 Å². The number of rotatable bonds is 3. The van der Waals surface area contributed by atoms with Crippen molar-refractivity contribution in [1.29, 1.82) is 0 Å². The molecular formula is C24H24N4O5. The fourth-order valence-corrected chi connectivity index (χ4v) is 5.49. The van der Waals surface area contributed by atoms with Crippen LogP contribution in [0.5, 0.6) is 0 Å². The molecule has 2 aromatic carbocycles. The van der Waals surface area contributed by atoms with Gasteiger partial charge in [0.1, 0.15) is 0 Å². The number of barbiturate groups is 1. The molecule has 0 saturated carbocycles. The monoisotopic (exact) mass is 448 g/mol.